The van der Waals surface area contributed by atoms with Crippen molar-refractivity contribution < 1.29 is 9.59 Å². The molecule has 0 aliphatic carbocycles. The Balaban J connectivity index is 1.51. The standard InChI is InChI=1S/C21H19N3O2/c25-20(22-15-16-7-3-1-4-8-16)18-11-13-19(14-12-18)23-24-21(26)17-9-5-2-6-10-17/h1-14,23H,15H2,(H,22,25)(H,24,26). The summed E-state index contributed by atoms with van der Waals surface area (Å²) in [5.41, 5.74) is 8.31. The Kier molecular flexibility index (Phi) is 5.62. The number of nitrogens with one attached hydrogen (secondary N) is 3. The second kappa shape index (κ2) is 8.48. The topological polar surface area (TPSA) is 70.2 Å². The van der Waals surface area contributed by atoms with Crippen LogP contribution in [0.5, 0.6) is 0 Å². The van der Waals surface area contributed by atoms with Crippen molar-refractivity contribution in [2.45, 2.75) is 6.54 Å². The van der Waals surface area contributed by atoms with Gasteiger partial charge in [-0.3, -0.25) is 20.4 Å². The fraction of sp³-hybridized carbons (Fsp3) is 0.0476. The van der Waals surface area contributed by atoms with Gasteiger partial charge in [0.05, 0.1) is 5.69 Å². The van der Waals surface area contributed by atoms with E-state index in [0.29, 0.717) is 23.4 Å². The van der Waals surface area contributed by atoms with Gasteiger partial charge in [-0.1, -0.05) is 48.5 Å². The molecule has 0 aromatic heterocycles. The summed E-state index contributed by atoms with van der Waals surface area (Å²) in [6, 6.07) is 25.5. The van der Waals surface area contributed by atoms with Crippen molar-refractivity contribution in [3.63, 3.8) is 0 Å². The molecule has 0 saturated carbocycles. The largest absolute Gasteiger partial charge is 0.348 e. The van der Waals surface area contributed by atoms with E-state index in [4.69, 9.17) is 0 Å². The van der Waals surface area contributed by atoms with E-state index in [9.17, 15) is 9.59 Å². The third-order valence-corrected chi connectivity index (χ3v) is 3.80. The Hall–Kier alpha value is -3.60. The molecular formula is C21H19N3O2. The molecule has 0 unspecified atom stereocenters. The SMILES string of the molecule is O=C(NCc1ccccc1)c1ccc(NNC(=O)c2ccccc2)cc1. The zero-order valence-electron chi connectivity index (χ0n) is 14.1. The van der Waals surface area contributed by atoms with Crippen molar-refractivity contribution in [2.24, 2.45) is 0 Å². The molecule has 0 aliphatic rings. The van der Waals surface area contributed by atoms with Gasteiger partial charge in [0.1, 0.15) is 0 Å². The lowest BCUT2D eigenvalue weighted by Gasteiger charge is -2.10. The molecule has 0 fully saturated rings. The van der Waals surface area contributed by atoms with Crippen LogP contribution in [0.3, 0.4) is 0 Å². The van der Waals surface area contributed by atoms with Crippen LogP contribution in [0.15, 0.2) is 84.9 Å². The van der Waals surface area contributed by atoms with Gasteiger partial charge in [-0.05, 0) is 42.0 Å². The number of carbonyl (C=O) groups excluding carboxylic acids is 2. The predicted molar refractivity (Wildman–Crippen MR) is 102 cm³/mol. The first-order valence-electron chi connectivity index (χ1n) is 8.26. The van der Waals surface area contributed by atoms with Crippen molar-refractivity contribution in [3.05, 3.63) is 102 Å². The Labute approximate surface area is 152 Å². The van der Waals surface area contributed by atoms with Crippen LogP contribution in [-0.4, -0.2) is 11.8 Å². The normalized spacial score (nSPS) is 10.0. The predicted octanol–water partition coefficient (Wildman–Crippen LogP) is 3.37. The molecule has 0 saturated heterocycles. The van der Waals surface area contributed by atoms with Gasteiger partial charge in [0.15, 0.2) is 0 Å². The van der Waals surface area contributed by atoms with Crippen molar-refractivity contribution in [1.82, 2.24) is 10.7 Å². The zero-order valence-corrected chi connectivity index (χ0v) is 14.1. The van der Waals surface area contributed by atoms with E-state index in [1.54, 1.807) is 48.5 Å². The lowest BCUT2D eigenvalue weighted by Crippen LogP contribution is -2.29. The van der Waals surface area contributed by atoms with E-state index in [0.717, 1.165) is 5.56 Å². The summed E-state index contributed by atoms with van der Waals surface area (Å²) in [7, 11) is 0. The number of anilines is 1. The van der Waals surface area contributed by atoms with Crippen molar-refractivity contribution >= 4 is 17.5 Å². The van der Waals surface area contributed by atoms with Gasteiger partial charge >= 0.3 is 0 Å². The molecule has 3 aromatic carbocycles. The van der Waals surface area contributed by atoms with Gasteiger partial charge < -0.3 is 5.32 Å². The summed E-state index contributed by atoms with van der Waals surface area (Å²) in [6.07, 6.45) is 0. The second-order valence-corrected chi connectivity index (χ2v) is 5.69. The fourth-order valence-corrected chi connectivity index (χ4v) is 2.38. The molecule has 0 bridgehead atoms. The maximum Gasteiger partial charge on any atom is 0.269 e. The van der Waals surface area contributed by atoms with Gasteiger partial charge in [0.2, 0.25) is 0 Å². The lowest BCUT2D eigenvalue weighted by atomic mass is 10.2. The van der Waals surface area contributed by atoms with E-state index < -0.39 is 0 Å². The summed E-state index contributed by atoms with van der Waals surface area (Å²) in [5, 5.41) is 2.88. The van der Waals surface area contributed by atoms with E-state index in [-0.39, 0.29) is 11.8 Å². The molecule has 0 atom stereocenters. The van der Waals surface area contributed by atoms with Crippen LogP contribution in [0.1, 0.15) is 26.3 Å². The molecule has 5 heteroatoms. The highest BCUT2D eigenvalue weighted by Crippen LogP contribution is 2.09. The van der Waals surface area contributed by atoms with Crippen LogP contribution < -0.4 is 16.2 Å². The molecule has 3 N–H and O–H groups in total. The summed E-state index contributed by atoms with van der Waals surface area (Å²) < 4.78 is 0. The van der Waals surface area contributed by atoms with Crippen LogP contribution in [-0.2, 0) is 6.54 Å². The maximum absolute atomic E-state index is 12.2. The minimum absolute atomic E-state index is 0.145. The Morgan fingerprint density at radius 2 is 1.23 bits per heavy atom. The molecule has 0 spiro atoms. The first-order chi connectivity index (χ1) is 12.7. The van der Waals surface area contributed by atoms with E-state index >= 15 is 0 Å². The van der Waals surface area contributed by atoms with Gasteiger partial charge in [-0.15, -0.1) is 0 Å². The summed E-state index contributed by atoms with van der Waals surface area (Å²) >= 11 is 0. The number of benzene rings is 3. The maximum atomic E-state index is 12.2. The zero-order chi connectivity index (χ0) is 18.2. The van der Waals surface area contributed by atoms with Crippen molar-refractivity contribution in [3.8, 4) is 0 Å². The number of hydrogen-bond donors (Lipinski definition) is 3. The van der Waals surface area contributed by atoms with Gasteiger partial charge in [0.25, 0.3) is 11.8 Å². The van der Waals surface area contributed by atoms with E-state index in [2.05, 4.69) is 16.2 Å². The van der Waals surface area contributed by atoms with Crippen LogP contribution >= 0.6 is 0 Å². The molecular weight excluding hydrogens is 326 g/mol. The van der Waals surface area contributed by atoms with E-state index in [1.165, 1.54) is 0 Å². The lowest BCUT2D eigenvalue weighted by molar-refractivity contribution is 0.0946. The van der Waals surface area contributed by atoms with Crippen LogP contribution in [0.4, 0.5) is 5.69 Å². The Morgan fingerprint density at radius 3 is 1.88 bits per heavy atom. The quantitative estimate of drug-likeness (QED) is 0.600. The fourth-order valence-electron chi connectivity index (χ4n) is 2.38. The summed E-state index contributed by atoms with van der Waals surface area (Å²) in [5.74, 6) is -0.371. The molecule has 0 heterocycles. The third-order valence-electron chi connectivity index (χ3n) is 3.80. The molecule has 2 amide bonds. The first kappa shape index (κ1) is 17.2. The smallest absolute Gasteiger partial charge is 0.269 e. The molecule has 3 rings (SSSR count). The summed E-state index contributed by atoms with van der Waals surface area (Å²) in [6.45, 7) is 0.479. The molecule has 3 aromatic rings. The molecule has 130 valence electrons. The number of hydrazine groups is 1. The van der Waals surface area contributed by atoms with Crippen LogP contribution in [0, 0.1) is 0 Å². The highest BCUT2D eigenvalue weighted by molar-refractivity contribution is 5.95. The highest BCUT2D eigenvalue weighted by atomic mass is 16.2. The molecule has 0 aliphatic heterocycles. The Bertz CT molecular complexity index is 863. The molecule has 5 nitrogen and oxygen atoms in total. The molecule has 0 radical (unpaired) electrons. The average Bonchev–Trinajstić information content (AvgIpc) is 2.72. The van der Waals surface area contributed by atoms with Gasteiger partial charge in [0, 0.05) is 17.7 Å². The van der Waals surface area contributed by atoms with Crippen LogP contribution in [0.25, 0.3) is 0 Å². The Morgan fingerprint density at radius 1 is 0.654 bits per heavy atom. The number of hydrogen-bond acceptors (Lipinski definition) is 3. The van der Waals surface area contributed by atoms with Crippen molar-refractivity contribution in [2.75, 3.05) is 5.43 Å². The number of amides is 2. The second-order valence-electron chi connectivity index (χ2n) is 5.69. The number of carbonyl (C=O) groups is 2. The van der Waals surface area contributed by atoms with Gasteiger partial charge in [-0.25, -0.2) is 0 Å². The summed E-state index contributed by atoms with van der Waals surface area (Å²) in [4.78, 5) is 24.2. The molecule has 26 heavy (non-hydrogen) atoms. The highest BCUT2D eigenvalue weighted by Gasteiger charge is 2.06. The minimum Gasteiger partial charge on any atom is -0.348 e. The minimum atomic E-state index is -0.227. The van der Waals surface area contributed by atoms with E-state index in [1.807, 2.05) is 36.4 Å². The van der Waals surface area contributed by atoms with Gasteiger partial charge in [-0.2, -0.15) is 0 Å². The van der Waals surface area contributed by atoms with Crippen LogP contribution in [0.2, 0.25) is 0 Å². The monoisotopic (exact) mass is 345 g/mol. The first-order valence-corrected chi connectivity index (χ1v) is 8.26. The third kappa shape index (κ3) is 4.70. The van der Waals surface area contributed by atoms with Crippen molar-refractivity contribution in [1.29, 1.82) is 0 Å². The average molecular weight is 345 g/mol. The number of rotatable bonds is 6.